The molecule has 0 aromatic rings. The summed E-state index contributed by atoms with van der Waals surface area (Å²) in [5, 5.41) is 0. The topological polar surface area (TPSA) is 0 Å². The van der Waals surface area contributed by atoms with Crippen molar-refractivity contribution in [3.8, 4) is 0 Å². The van der Waals surface area contributed by atoms with Crippen molar-refractivity contribution in [3.63, 3.8) is 0 Å². The van der Waals surface area contributed by atoms with Crippen molar-refractivity contribution < 1.29 is 8.78 Å². The van der Waals surface area contributed by atoms with Gasteiger partial charge in [-0.05, 0) is 0 Å². The molecule has 0 aromatic carbocycles. The lowest BCUT2D eigenvalue weighted by Crippen LogP contribution is -1.60. The summed E-state index contributed by atoms with van der Waals surface area (Å²) in [6.45, 7) is 0. The monoisotopic (exact) mass is 85.0 g/mol. The second kappa shape index (κ2) is 1.59. The van der Waals surface area contributed by atoms with Crippen LogP contribution in [0, 0.1) is 0 Å². The highest BCUT2D eigenvalue weighted by Crippen LogP contribution is 1.98. The average molecular weight is 85.0 g/mol. The summed E-state index contributed by atoms with van der Waals surface area (Å²) in [5.41, 5.74) is 0. The third-order valence-corrected chi connectivity index (χ3v) is 0. The van der Waals surface area contributed by atoms with Crippen LogP contribution >= 0.6 is 9.24 Å². The first-order valence-electron chi connectivity index (χ1n) is 0.845. The maximum atomic E-state index is 10.3. The minimum atomic E-state index is -2.14. The Hall–Kier alpha value is 0.290. The van der Waals surface area contributed by atoms with E-state index in [2.05, 4.69) is 0 Å². The van der Waals surface area contributed by atoms with Crippen LogP contribution in [0.4, 0.5) is 8.78 Å². The van der Waals surface area contributed by atoms with E-state index in [1.165, 1.54) is 0 Å². The van der Waals surface area contributed by atoms with Gasteiger partial charge in [0, 0.05) is 9.24 Å². The van der Waals surface area contributed by atoms with E-state index in [0.717, 1.165) is 0 Å². The van der Waals surface area contributed by atoms with Crippen LogP contribution in [0.25, 0.3) is 0 Å². The number of rotatable bonds is 0. The summed E-state index contributed by atoms with van der Waals surface area (Å²) in [6, 6.07) is 0. The number of halogens is 2. The molecule has 0 nitrogen and oxygen atoms in total. The van der Waals surface area contributed by atoms with Crippen molar-refractivity contribution >= 4 is 9.24 Å². The Balaban J connectivity index is 2.32. The molecule has 4 heavy (non-hydrogen) atoms. The standard InChI is InChI=1S/CH3F2P/c2-1(3)4/h1H,4H2/p+1. The third kappa shape index (κ3) is 45.3. The molecule has 0 spiro atoms. The molecule has 0 aromatic heterocycles. The van der Waals surface area contributed by atoms with Gasteiger partial charge in [-0.1, -0.05) is 0 Å². The highest BCUT2D eigenvalue weighted by atomic mass is 31.0. The maximum Gasteiger partial charge on any atom is 0.337 e. The van der Waals surface area contributed by atoms with E-state index >= 15 is 0 Å². The van der Waals surface area contributed by atoms with E-state index in [1.807, 2.05) is 0 Å². The molecule has 0 rings (SSSR count). The van der Waals surface area contributed by atoms with E-state index in [0.29, 0.717) is 9.24 Å². The largest absolute Gasteiger partial charge is 0.337 e. The Morgan fingerprint density at radius 2 is 1.50 bits per heavy atom. The zero-order valence-corrected chi connectivity index (χ0v) is 3.45. The van der Waals surface area contributed by atoms with Gasteiger partial charge < -0.3 is 0 Å². The van der Waals surface area contributed by atoms with Crippen molar-refractivity contribution in [1.29, 1.82) is 0 Å². The fourth-order valence-corrected chi connectivity index (χ4v) is 0. The van der Waals surface area contributed by atoms with Crippen molar-refractivity contribution in [2.75, 3.05) is 0 Å². The van der Waals surface area contributed by atoms with Gasteiger partial charge in [0.25, 0.3) is 0 Å². The van der Waals surface area contributed by atoms with Gasteiger partial charge in [0.05, 0.1) is 0 Å². The van der Waals surface area contributed by atoms with E-state index in [4.69, 9.17) is 0 Å². The number of hydrogen-bond acceptors (Lipinski definition) is 0. The SMILES string of the molecule is FC(F)[PH3+]. The molecule has 0 amide bonds. The molecule has 0 bridgehead atoms. The quantitative estimate of drug-likeness (QED) is 0.382. The van der Waals surface area contributed by atoms with E-state index < -0.39 is 6.17 Å². The predicted molar refractivity (Wildman–Crippen MR) is 17.1 cm³/mol. The molecule has 0 saturated heterocycles. The summed E-state index contributed by atoms with van der Waals surface area (Å²) >= 11 is 0. The fraction of sp³-hybridized carbons (Fsp3) is 1.00. The highest BCUT2D eigenvalue weighted by molar-refractivity contribution is 7.16. The molecule has 0 fully saturated rings. The molecular formula is CH4F2P+. The van der Waals surface area contributed by atoms with Crippen LogP contribution in [-0.2, 0) is 0 Å². The smallest absolute Gasteiger partial charge is 0.171 e. The van der Waals surface area contributed by atoms with Crippen molar-refractivity contribution in [1.82, 2.24) is 0 Å². The van der Waals surface area contributed by atoms with Crippen molar-refractivity contribution in [2.24, 2.45) is 0 Å². The second-order valence-electron chi connectivity index (χ2n) is 0.391. The third-order valence-electron chi connectivity index (χ3n) is 0. The predicted octanol–water partition coefficient (Wildman–Crippen LogP) is 0.816. The van der Waals surface area contributed by atoms with Crippen LogP contribution < -0.4 is 0 Å². The molecule has 0 N–H and O–H groups in total. The molecule has 3 heteroatoms. The second-order valence-corrected chi connectivity index (χ2v) is 1.01. The van der Waals surface area contributed by atoms with Gasteiger partial charge in [-0.25, -0.2) is 0 Å². The van der Waals surface area contributed by atoms with Gasteiger partial charge in [-0.15, -0.1) is 0 Å². The average Bonchev–Trinajstić information content (AvgIpc) is 0.811. The number of hydrogen-bond donors (Lipinski definition) is 0. The molecule has 26 valence electrons. The molecule has 0 radical (unpaired) electrons. The molecule has 1 atom stereocenters. The maximum absolute atomic E-state index is 10.3. The van der Waals surface area contributed by atoms with Gasteiger partial charge in [-0.3, -0.25) is 0 Å². The first kappa shape index (κ1) is 4.29. The van der Waals surface area contributed by atoms with Gasteiger partial charge in [0.1, 0.15) is 0 Å². The Bertz CT molecular complexity index is 10.8. The lowest BCUT2D eigenvalue weighted by molar-refractivity contribution is 0.251. The Labute approximate surface area is 25.4 Å². The van der Waals surface area contributed by atoms with E-state index in [-0.39, 0.29) is 0 Å². The van der Waals surface area contributed by atoms with E-state index in [1.54, 1.807) is 0 Å². The molecule has 0 heterocycles. The van der Waals surface area contributed by atoms with Crippen LogP contribution in [-0.4, -0.2) is 6.17 Å². The van der Waals surface area contributed by atoms with Crippen molar-refractivity contribution in [2.45, 2.75) is 6.17 Å². The van der Waals surface area contributed by atoms with Gasteiger partial charge in [-0.2, -0.15) is 8.78 Å². The van der Waals surface area contributed by atoms with Crippen LogP contribution in [0.1, 0.15) is 0 Å². The highest BCUT2D eigenvalue weighted by Gasteiger charge is 1.87. The Kier molecular flexibility index (Phi) is 1.71. The molecule has 0 aliphatic carbocycles. The summed E-state index contributed by atoms with van der Waals surface area (Å²) < 4.78 is 20.7. The summed E-state index contributed by atoms with van der Waals surface area (Å²) in [7, 11) is 0.670. The van der Waals surface area contributed by atoms with Crippen LogP contribution in [0.3, 0.4) is 0 Å². The van der Waals surface area contributed by atoms with E-state index in [9.17, 15) is 8.78 Å². The lowest BCUT2D eigenvalue weighted by Gasteiger charge is -1.63. The Morgan fingerprint density at radius 1 is 1.50 bits per heavy atom. The van der Waals surface area contributed by atoms with Crippen LogP contribution in [0.5, 0.6) is 0 Å². The van der Waals surface area contributed by atoms with Gasteiger partial charge >= 0.3 is 6.17 Å². The fourth-order valence-electron chi connectivity index (χ4n) is 0. The molecular weight excluding hydrogens is 81.0 g/mol. The summed E-state index contributed by atoms with van der Waals surface area (Å²) in [5.74, 6) is 0. The van der Waals surface area contributed by atoms with Crippen LogP contribution in [0.15, 0.2) is 0 Å². The molecule has 0 saturated carbocycles. The minimum Gasteiger partial charge on any atom is -0.171 e. The zero-order chi connectivity index (χ0) is 3.58. The number of alkyl halides is 2. The molecule has 0 aliphatic heterocycles. The zero-order valence-electron chi connectivity index (χ0n) is 2.04. The summed E-state index contributed by atoms with van der Waals surface area (Å²) in [4.78, 5) is 0. The first-order valence-corrected chi connectivity index (χ1v) is 1.66. The first-order chi connectivity index (χ1) is 1.73. The normalized spacial score (nSPS) is 9.75. The van der Waals surface area contributed by atoms with Crippen molar-refractivity contribution in [3.05, 3.63) is 0 Å². The molecule has 0 aliphatic rings. The summed E-state index contributed by atoms with van der Waals surface area (Å²) in [6.07, 6.45) is -2.14. The lowest BCUT2D eigenvalue weighted by atomic mass is 11.7. The minimum absolute atomic E-state index is 0.670. The Morgan fingerprint density at radius 3 is 1.50 bits per heavy atom. The molecule has 1 unspecified atom stereocenters. The van der Waals surface area contributed by atoms with Gasteiger partial charge in [0.2, 0.25) is 0 Å². The van der Waals surface area contributed by atoms with Gasteiger partial charge in [0.15, 0.2) is 0 Å². The van der Waals surface area contributed by atoms with Crippen LogP contribution in [0.2, 0.25) is 0 Å².